The van der Waals surface area contributed by atoms with E-state index in [9.17, 15) is 0 Å². The maximum atomic E-state index is 5.60. The largest absolute Gasteiger partial charge is 0.691 e. The van der Waals surface area contributed by atoms with E-state index >= 15 is 0 Å². The molecule has 0 aromatic heterocycles. The third kappa shape index (κ3) is 19.6. The van der Waals surface area contributed by atoms with Crippen molar-refractivity contribution in [2.75, 3.05) is 13.2 Å². The van der Waals surface area contributed by atoms with Crippen molar-refractivity contribution in [3.05, 3.63) is 0 Å². The molecule has 0 aliphatic rings. The first-order chi connectivity index (χ1) is 10.1. The van der Waals surface area contributed by atoms with E-state index in [-0.39, 0.29) is 19.5 Å². The molecule has 0 unspecified atom stereocenters. The van der Waals surface area contributed by atoms with Gasteiger partial charge in [0.1, 0.15) is 0 Å². The Kier molecular flexibility index (Phi) is 22.1. The molecule has 0 aromatic rings. The summed E-state index contributed by atoms with van der Waals surface area (Å²) in [7, 11) is 0. The van der Waals surface area contributed by atoms with Gasteiger partial charge in [-0.3, -0.25) is 0 Å². The van der Waals surface area contributed by atoms with Gasteiger partial charge in [-0.1, -0.05) is 89.9 Å². The number of unbranched alkanes of at least 4 members (excludes halogenated alkanes) is 10. The SMILES string of the molecule is CCCCCCCCOP(=S)([S-])OCCCCCCCC.[Zn]. The van der Waals surface area contributed by atoms with E-state index in [4.69, 9.17) is 33.1 Å². The van der Waals surface area contributed by atoms with E-state index in [2.05, 4.69) is 13.8 Å². The molecule has 0 N–H and O–H groups in total. The van der Waals surface area contributed by atoms with Crippen LogP contribution in [0.5, 0.6) is 0 Å². The maximum absolute atomic E-state index is 5.60. The van der Waals surface area contributed by atoms with Crippen LogP contribution in [0.3, 0.4) is 0 Å². The molecule has 0 bridgehead atoms. The van der Waals surface area contributed by atoms with Gasteiger partial charge in [0.25, 0.3) is 0 Å². The molecule has 0 heterocycles. The van der Waals surface area contributed by atoms with E-state index in [1.807, 2.05) is 0 Å². The molecule has 0 radical (unpaired) electrons. The first-order valence-corrected chi connectivity index (χ1v) is 12.4. The molecule has 0 saturated carbocycles. The topological polar surface area (TPSA) is 18.5 Å². The Morgan fingerprint density at radius 3 is 1.36 bits per heavy atom. The summed E-state index contributed by atoms with van der Waals surface area (Å²) in [4.78, 5) is 0. The Hall–Kier alpha value is 1.54. The van der Waals surface area contributed by atoms with Crippen LogP contribution in [0.15, 0.2) is 0 Å². The molecule has 0 aliphatic heterocycles. The third-order valence-electron chi connectivity index (χ3n) is 3.49. The molecule has 0 aliphatic carbocycles. The number of hydrogen-bond acceptors (Lipinski definition) is 4. The second-order valence-electron chi connectivity index (χ2n) is 5.65. The van der Waals surface area contributed by atoms with E-state index in [0.29, 0.717) is 13.2 Å². The van der Waals surface area contributed by atoms with Crippen molar-refractivity contribution in [3.8, 4) is 0 Å². The van der Waals surface area contributed by atoms with Crippen LogP contribution in [0.1, 0.15) is 90.9 Å². The van der Waals surface area contributed by atoms with Crippen LogP contribution in [0.2, 0.25) is 0 Å². The maximum Gasteiger partial charge on any atom is 0.0563 e. The molecule has 0 amide bonds. The van der Waals surface area contributed by atoms with Crippen molar-refractivity contribution in [1.29, 1.82) is 0 Å². The van der Waals surface area contributed by atoms with Crippen molar-refractivity contribution in [2.24, 2.45) is 0 Å². The molecule has 130 valence electrons. The summed E-state index contributed by atoms with van der Waals surface area (Å²) in [6.45, 7) is 5.81. The number of rotatable bonds is 16. The van der Waals surface area contributed by atoms with Gasteiger partial charge in [0, 0.05) is 19.5 Å². The van der Waals surface area contributed by atoms with Crippen LogP contribution in [0, 0.1) is 0 Å². The first-order valence-electron chi connectivity index (χ1n) is 8.72. The predicted molar refractivity (Wildman–Crippen MR) is 100 cm³/mol. The standard InChI is InChI=1S/C16H35O2PS2.Zn/c1-3-5-7-9-11-13-15-17-19(20,21)18-16-14-12-10-8-6-4-2;/h3-16H2,1-2H3,(H,20,21);/p-1. The molecule has 0 rings (SSSR count). The quantitative estimate of drug-likeness (QED) is 0.123. The zero-order chi connectivity index (χ0) is 15.8. The third-order valence-corrected chi connectivity index (χ3v) is 5.76. The van der Waals surface area contributed by atoms with Gasteiger partial charge >= 0.3 is 0 Å². The van der Waals surface area contributed by atoms with E-state index < -0.39 is 5.69 Å². The average molecular weight is 419 g/mol. The van der Waals surface area contributed by atoms with Gasteiger partial charge in [-0.2, -0.15) is 0 Å². The Morgan fingerprint density at radius 1 is 0.682 bits per heavy atom. The summed E-state index contributed by atoms with van der Waals surface area (Å²) in [6, 6.07) is 0. The molecule has 22 heavy (non-hydrogen) atoms. The molecule has 2 nitrogen and oxygen atoms in total. The summed E-state index contributed by atoms with van der Waals surface area (Å²) in [5.41, 5.74) is -2.40. The Morgan fingerprint density at radius 2 is 1.00 bits per heavy atom. The van der Waals surface area contributed by atoms with Crippen LogP contribution >= 0.6 is 5.69 Å². The normalized spacial score (nSPS) is 11.4. The van der Waals surface area contributed by atoms with Gasteiger partial charge in [-0.05, 0) is 12.8 Å². The fourth-order valence-electron chi connectivity index (χ4n) is 2.15. The minimum atomic E-state index is -2.40. The van der Waals surface area contributed by atoms with Crippen molar-refractivity contribution in [1.82, 2.24) is 0 Å². The smallest absolute Gasteiger partial charge is 0.0563 e. The number of hydrogen-bond donors (Lipinski definition) is 0. The van der Waals surface area contributed by atoms with Gasteiger partial charge in [0.15, 0.2) is 0 Å². The Balaban J connectivity index is 0. The van der Waals surface area contributed by atoms with Gasteiger partial charge in [-0.15, -0.1) is 0 Å². The minimum Gasteiger partial charge on any atom is -0.691 e. The monoisotopic (exact) mass is 417 g/mol. The summed E-state index contributed by atoms with van der Waals surface area (Å²) >= 11 is 10.5. The molecule has 0 saturated heterocycles. The summed E-state index contributed by atoms with van der Waals surface area (Å²) in [5, 5.41) is 0. The summed E-state index contributed by atoms with van der Waals surface area (Å²) in [6.07, 6.45) is 15.0. The van der Waals surface area contributed by atoms with Gasteiger partial charge in [0.05, 0.1) is 18.9 Å². The Labute approximate surface area is 162 Å². The van der Waals surface area contributed by atoms with Crippen molar-refractivity contribution < 1.29 is 28.5 Å². The second-order valence-corrected chi connectivity index (χ2v) is 10.6. The zero-order valence-corrected chi connectivity index (χ0v) is 20.2. The first kappa shape index (κ1) is 25.8. The molecular formula is C16H34O2PS2Zn-. The predicted octanol–water partition coefficient (Wildman–Crippen LogP) is 6.51. The van der Waals surface area contributed by atoms with Crippen LogP contribution in [-0.4, -0.2) is 13.2 Å². The van der Waals surface area contributed by atoms with Crippen LogP contribution < -0.4 is 0 Å². The molecule has 0 spiro atoms. The van der Waals surface area contributed by atoms with Crippen LogP contribution in [0.25, 0.3) is 0 Å². The van der Waals surface area contributed by atoms with Crippen LogP contribution in [-0.2, 0) is 52.6 Å². The molecule has 6 heteroatoms. The van der Waals surface area contributed by atoms with E-state index in [1.165, 1.54) is 64.2 Å². The molecule has 0 aromatic carbocycles. The average Bonchev–Trinajstić information content (AvgIpc) is 2.45. The van der Waals surface area contributed by atoms with E-state index in [0.717, 1.165) is 12.8 Å². The van der Waals surface area contributed by atoms with Crippen molar-refractivity contribution in [2.45, 2.75) is 90.9 Å². The van der Waals surface area contributed by atoms with Gasteiger partial charge < -0.3 is 21.3 Å². The van der Waals surface area contributed by atoms with Crippen molar-refractivity contribution in [3.63, 3.8) is 0 Å². The second kappa shape index (κ2) is 18.9. The zero-order valence-electron chi connectivity index (χ0n) is 14.7. The minimum absolute atomic E-state index is 0. The molecule has 0 fully saturated rings. The van der Waals surface area contributed by atoms with Crippen molar-refractivity contribution >= 4 is 29.7 Å². The fraction of sp³-hybridized carbons (Fsp3) is 1.00. The van der Waals surface area contributed by atoms with Crippen LogP contribution in [0.4, 0.5) is 0 Å². The Bertz CT molecular complexity index is 247. The fourth-order valence-corrected chi connectivity index (χ4v) is 3.83. The van der Waals surface area contributed by atoms with Gasteiger partial charge in [0.2, 0.25) is 0 Å². The van der Waals surface area contributed by atoms with Gasteiger partial charge in [-0.25, -0.2) is 0 Å². The summed E-state index contributed by atoms with van der Waals surface area (Å²) in [5.74, 6) is 0. The van der Waals surface area contributed by atoms with E-state index in [1.54, 1.807) is 0 Å². The molecular weight excluding hydrogens is 385 g/mol. The molecule has 0 atom stereocenters. The summed E-state index contributed by atoms with van der Waals surface area (Å²) < 4.78 is 11.2.